The van der Waals surface area contributed by atoms with Gasteiger partial charge in [0.1, 0.15) is 30.1 Å². The summed E-state index contributed by atoms with van der Waals surface area (Å²) in [7, 11) is 0. The molecule has 0 atom stereocenters. The molecule has 0 bridgehead atoms. The minimum atomic E-state index is -4.59. The van der Waals surface area contributed by atoms with E-state index in [0.29, 0.717) is 39.4 Å². The lowest BCUT2D eigenvalue weighted by molar-refractivity contribution is -0.141. The molecule has 6 rings (SSSR count). The number of alkyl halides is 3. The third kappa shape index (κ3) is 7.46. The van der Waals surface area contributed by atoms with Crippen molar-refractivity contribution in [3.8, 4) is 22.6 Å². The molecule has 1 aliphatic carbocycles. The fraction of sp³-hybridized carbons (Fsp3) is 0.154. The summed E-state index contributed by atoms with van der Waals surface area (Å²) in [6.45, 7) is -1.62. The zero-order valence-electron chi connectivity index (χ0n) is 26.6. The van der Waals surface area contributed by atoms with Gasteiger partial charge in [-0.15, -0.1) is 0 Å². The Bertz CT molecular complexity index is 1950. The van der Waals surface area contributed by atoms with Crippen molar-refractivity contribution < 1.29 is 37.0 Å². The van der Waals surface area contributed by atoms with Crippen LogP contribution in [-0.2, 0) is 21.6 Å². The Morgan fingerprint density at radius 1 is 0.680 bits per heavy atom. The highest BCUT2D eigenvalue weighted by Crippen LogP contribution is 2.50. The van der Waals surface area contributed by atoms with Gasteiger partial charge in [-0.3, -0.25) is 9.59 Å². The van der Waals surface area contributed by atoms with Crippen molar-refractivity contribution in [1.82, 2.24) is 10.6 Å². The summed E-state index contributed by atoms with van der Waals surface area (Å²) in [5.41, 5.74) is 2.68. The predicted octanol–water partition coefficient (Wildman–Crippen LogP) is 7.99. The fourth-order valence-corrected chi connectivity index (χ4v) is 6.08. The number of anilines is 1. The van der Waals surface area contributed by atoms with Crippen molar-refractivity contribution in [1.29, 1.82) is 0 Å². The highest BCUT2D eigenvalue weighted by molar-refractivity contribution is 6.06. The van der Waals surface area contributed by atoms with Crippen LogP contribution >= 0.6 is 0 Å². The number of alkyl carbamates (subject to hydrolysis) is 1. The molecule has 0 heterocycles. The second-order valence-corrected chi connectivity index (χ2v) is 11.6. The van der Waals surface area contributed by atoms with Crippen molar-refractivity contribution in [3.05, 3.63) is 150 Å². The molecule has 50 heavy (non-hydrogen) atoms. The first-order valence-electron chi connectivity index (χ1n) is 15.8. The topological polar surface area (TPSA) is 106 Å². The second kappa shape index (κ2) is 14.6. The summed E-state index contributed by atoms with van der Waals surface area (Å²) in [6.07, 6.45) is -5.36. The third-order valence-electron chi connectivity index (χ3n) is 8.35. The number of benzene rings is 5. The average molecular weight is 680 g/mol. The van der Waals surface area contributed by atoms with Crippen molar-refractivity contribution in [2.24, 2.45) is 0 Å². The van der Waals surface area contributed by atoms with Gasteiger partial charge in [0.2, 0.25) is 5.91 Å². The number of hydrogen-bond acceptors (Lipinski definition) is 5. The zero-order chi connectivity index (χ0) is 35.1. The Kier molecular flexibility index (Phi) is 9.85. The lowest BCUT2D eigenvalue weighted by Crippen LogP contribution is -2.48. The summed E-state index contributed by atoms with van der Waals surface area (Å²) in [4.78, 5) is 39.4. The first-order chi connectivity index (χ1) is 24.1. The van der Waals surface area contributed by atoms with Gasteiger partial charge < -0.3 is 25.4 Å². The lowest BCUT2D eigenvalue weighted by Gasteiger charge is -2.31. The molecule has 8 nitrogen and oxygen atoms in total. The van der Waals surface area contributed by atoms with E-state index in [1.54, 1.807) is 97.1 Å². The van der Waals surface area contributed by atoms with E-state index in [-0.39, 0.29) is 25.5 Å². The Labute approximate surface area is 286 Å². The van der Waals surface area contributed by atoms with Crippen LogP contribution in [0.3, 0.4) is 0 Å². The molecular formula is C39H32F3N3O5. The Balaban J connectivity index is 1.06. The predicted molar refractivity (Wildman–Crippen MR) is 182 cm³/mol. The molecule has 1 aliphatic rings. The Morgan fingerprint density at radius 3 is 1.94 bits per heavy atom. The highest BCUT2D eigenvalue weighted by atomic mass is 19.4. The van der Waals surface area contributed by atoms with Crippen molar-refractivity contribution in [2.75, 3.05) is 18.4 Å². The zero-order valence-corrected chi connectivity index (χ0v) is 26.6. The molecule has 0 saturated carbocycles. The first kappa shape index (κ1) is 33.8. The fourth-order valence-electron chi connectivity index (χ4n) is 6.08. The molecule has 11 heteroatoms. The number of halogens is 3. The van der Waals surface area contributed by atoms with Gasteiger partial charge in [0, 0.05) is 12.2 Å². The minimum Gasteiger partial charge on any atom is -0.457 e. The van der Waals surface area contributed by atoms with E-state index in [9.17, 15) is 27.6 Å². The van der Waals surface area contributed by atoms with E-state index in [1.807, 2.05) is 30.3 Å². The SMILES string of the molecule is O=C(NCCC1(C(=O)NCC(F)(F)F)c2ccccc2-c2ccccc21)OCc1ccc(NC(=O)c2ccccc2Oc2ccccc2)cc1. The molecule has 5 aromatic carbocycles. The number of nitrogens with one attached hydrogen (secondary N) is 3. The summed E-state index contributed by atoms with van der Waals surface area (Å²) < 4.78 is 50.6. The minimum absolute atomic E-state index is 0.00622. The van der Waals surface area contributed by atoms with Crippen LogP contribution in [0, 0.1) is 0 Å². The van der Waals surface area contributed by atoms with Crippen molar-refractivity contribution in [2.45, 2.75) is 24.6 Å². The molecule has 3 amide bonds. The standard InChI is InChI=1S/C39H32F3N3O5/c40-39(41,42)25-44-36(47)38(32-15-7-4-12-29(32)30-13-5-8-16-33(30)38)22-23-43-37(48)49-24-26-18-20-27(21-19-26)45-35(46)31-14-6-9-17-34(31)50-28-10-2-1-3-11-28/h1-21H,22-25H2,(H,43,48)(H,44,47)(H,45,46). The summed E-state index contributed by atoms with van der Waals surface area (Å²) in [5.74, 6) is -0.165. The number of carbonyl (C=O) groups excluding carboxylic acids is 3. The first-order valence-corrected chi connectivity index (χ1v) is 15.8. The third-order valence-corrected chi connectivity index (χ3v) is 8.35. The maximum Gasteiger partial charge on any atom is 0.407 e. The van der Waals surface area contributed by atoms with Gasteiger partial charge >= 0.3 is 12.3 Å². The molecular weight excluding hydrogens is 647 g/mol. The van der Waals surface area contributed by atoms with Gasteiger partial charge in [-0.1, -0.05) is 91.0 Å². The van der Waals surface area contributed by atoms with E-state index in [1.165, 1.54) is 0 Å². The molecule has 0 aromatic heterocycles. The number of hydrogen-bond donors (Lipinski definition) is 3. The maximum atomic E-state index is 13.6. The molecule has 0 aliphatic heterocycles. The number of carbonyl (C=O) groups is 3. The monoisotopic (exact) mass is 679 g/mol. The molecule has 0 unspecified atom stereocenters. The van der Waals surface area contributed by atoms with Crippen LogP contribution in [0.15, 0.2) is 127 Å². The van der Waals surface area contributed by atoms with Gasteiger partial charge in [-0.25, -0.2) is 4.79 Å². The van der Waals surface area contributed by atoms with Crippen LogP contribution in [0.1, 0.15) is 33.5 Å². The smallest absolute Gasteiger partial charge is 0.407 e. The number of para-hydroxylation sites is 2. The highest BCUT2D eigenvalue weighted by Gasteiger charge is 2.49. The maximum absolute atomic E-state index is 13.6. The average Bonchev–Trinajstić information content (AvgIpc) is 3.41. The van der Waals surface area contributed by atoms with Crippen molar-refractivity contribution in [3.63, 3.8) is 0 Å². The normalized spacial score (nSPS) is 12.6. The molecule has 0 saturated heterocycles. The lowest BCUT2D eigenvalue weighted by atomic mass is 9.74. The Hall–Kier alpha value is -6.10. The Morgan fingerprint density at radius 2 is 1.28 bits per heavy atom. The molecule has 3 N–H and O–H groups in total. The number of amides is 3. The molecule has 0 fully saturated rings. The summed E-state index contributed by atoms with van der Waals surface area (Å²) in [5, 5.41) is 7.55. The van der Waals surface area contributed by atoms with E-state index >= 15 is 0 Å². The van der Waals surface area contributed by atoms with Gasteiger partial charge in [-0.05, 0) is 70.6 Å². The quantitative estimate of drug-likeness (QED) is 0.131. The van der Waals surface area contributed by atoms with E-state index < -0.39 is 30.1 Å². The van der Waals surface area contributed by atoms with Gasteiger partial charge in [0.25, 0.3) is 5.91 Å². The van der Waals surface area contributed by atoms with Crippen LogP contribution in [-0.4, -0.2) is 37.2 Å². The molecule has 0 spiro atoms. The van der Waals surface area contributed by atoms with E-state index in [2.05, 4.69) is 16.0 Å². The van der Waals surface area contributed by atoms with Crippen LogP contribution < -0.4 is 20.7 Å². The summed E-state index contributed by atoms with van der Waals surface area (Å²) in [6, 6.07) is 36.9. The van der Waals surface area contributed by atoms with E-state index in [0.717, 1.165) is 11.1 Å². The summed E-state index contributed by atoms with van der Waals surface area (Å²) >= 11 is 0. The van der Waals surface area contributed by atoms with Gasteiger partial charge in [-0.2, -0.15) is 13.2 Å². The molecule has 5 aromatic rings. The van der Waals surface area contributed by atoms with Crippen LogP contribution in [0.4, 0.5) is 23.7 Å². The molecule has 254 valence electrons. The van der Waals surface area contributed by atoms with Crippen molar-refractivity contribution >= 4 is 23.6 Å². The van der Waals surface area contributed by atoms with E-state index in [4.69, 9.17) is 9.47 Å². The van der Waals surface area contributed by atoms with Gasteiger partial charge in [0.05, 0.1) is 5.56 Å². The van der Waals surface area contributed by atoms with Crippen LogP contribution in [0.5, 0.6) is 11.5 Å². The second-order valence-electron chi connectivity index (χ2n) is 11.6. The number of ether oxygens (including phenoxy) is 2. The largest absolute Gasteiger partial charge is 0.457 e. The number of fused-ring (bicyclic) bond motifs is 3. The van der Waals surface area contributed by atoms with Gasteiger partial charge in [0.15, 0.2) is 0 Å². The van der Waals surface area contributed by atoms with Crippen LogP contribution in [0.25, 0.3) is 11.1 Å². The molecule has 0 radical (unpaired) electrons. The van der Waals surface area contributed by atoms with Crippen LogP contribution in [0.2, 0.25) is 0 Å². The number of rotatable bonds is 11.